The fourth-order valence-corrected chi connectivity index (χ4v) is 2.39. The highest BCUT2D eigenvalue weighted by atomic mass is 16.2. The molecule has 0 aromatic rings. The Morgan fingerprint density at radius 1 is 1.32 bits per heavy atom. The molecule has 1 unspecified atom stereocenters. The molecule has 1 atom stereocenters. The SMILES string of the molecule is CCC(CN)C(=O)NC1CCN(C(=O)C(C)C)CC1. The van der Waals surface area contributed by atoms with Crippen LogP contribution in [0.3, 0.4) is 0 Å². The Hall–Kier alpha value is -1.10. The molecule has 0 aliphatic carbocycles. The largest absolute Gasteiger partial charge is 0.353 e. The van der Waals surface area contributed by atoms with E-state index >= 15 is 0 Å². The molecule has 1 rings (SSSR count). The van der Waals surface area contributed by atoms with Crippen molar-refractivity contribution in [1.82, 2.24) is 10.2 Å². The number of rotatable bonds is 5. The zero-order valence-electron chi connectivity index (χ0n) is 12.3. The summed E-state index contributed by atoms with van der Waals surface area (Å²) in [5.74, 6) is 0.222. The lowest BCUT2D eigenvalue weighted by Crippen LogP contribution is -2.49. The molecule has 1 aliphatic heterocycles. The third-order valence-electron chi connectivity index (χ3n) is 3.80. The molecule has 0 spiro atoms. The van der Waals surface area contributed by atoms with Gasteiger partial charge in [-0.15, -0.1) is 0 Å². The maximum absolute atomic E-state index is 11.9. The molecule has 0 radical (unpaired) electrons. The summed E-state index contributed by atoms with van der Waals surface area (Å²) in [4.78, 5) is 25.7. The van der Waals surface area contributed by atoms with Gasteiger partial charge in [-0.25, -0.2) is 0 Å². The molecule has 110 valence electrons. The van der Waals surface area contributed by atoms with E-state index in [9.17, 15) is 9.59 Å². The second-order valence-corrected chi connectivity index (χ2v) is 5.60. The van der Waals surface area contributed by atoms with Crippen molar-refractivity contribution in [2.75, 3.05) is 19.6 Å². The summed E-state index contributed by atoms with van der Waals surface area (Å²) in [6.07, 6.45) is 2.45. The van der Waals surface area contributed by atoms with Gasteiger partial charge in [0, 0.05) is 37.5 Å². The third kappa shape index (κ3) is 4.49. The minimum Gasteiger partial charge on any atom is -0.353 e. The first-order valence-electron chi connectivity index (χ1n) is 7.28. The van der Waals surface area contributed by atoms with Gasteiger partial charge in [0.15, 0.2) is 0 Å². The highest BCUT2D eigenvalue weighted by molar-refractivity contribution is 5.79. The number of nitrogens with two attached hydrogens (primary N) is 1. The van der Waals surface area contributed by atoms with Crippen molar-refractivity contribution in [3.63, 3.8) is 0 Å². The average molecular weight is 269 g/mol. The second kappa shape index (κ2) is 7.48. The molecule has 1 fully saturated rings. The molecule has 19 heavy (non-hydrogen) atoms. The highest BCUT2D eigenvalue weighted by Gasteiger charge is 2.26. The molecule has 5 heteroatoms. The van der Waals surface area contributed by atoms with Crippen LogP contribution in [0.25, 0.3) is 0 Å². The van der Waals surface area contributed by atoms with Crippen LogP contribution in [-0.2, 0) is 9.59 Å². The normalized spacial score (nSPS) is 18.5. The van der Waals surface area contributed by atoms with E-state index in [-0.39, 0.29) is 29.7 Å². The van der Waals surface area contributed by atoms with Gasteiger partial charge in [0.05, 0.1) is 0 Å². The van der Waals surface area contributed by atoms with Crippen LogP contribution < -0.4 is 11.1 Å². The number of likely N-dealkylation sites (tertiary alicyclic amines) is 1. The maximum atomic E-state index is 11.9. The van der Waals surface area contributed by atoms with Crippen molar-refractivity contribution >= 4 is 11.8 Å². The Morgan fingerprint density at radius 3 is 2.32 bits per heavy atom. The van der Waals surface area contributed by atoms with Crippen molar-refractivity contribution in [1.29, 1.82) is 0 Å². The minimum atomic E-state index is -0.0877. The summed E-state index contributed by atoms with van der Waals surface area (Å²) < 4.78 is 0. The minimum absolute atomic E-state index is 0.0489. The Morgan fingerprint density at radius 2 is 1.89 bits per heavy atom. The van der Waals surface area contributed by atoms with Gasteiger partial charge in [-0.05, 0) is 19.3 Å². The zero-order valence-corrected chi connectivity index (χ0v) is 12.3. The Bertz CT molecular complexity index is 306. The summed E-state index contributed by atoms with van der Waals surface area (Å²) >= 11 is 0. The molecular weight excluding hydrogens is 242 g/mol. The van der Waals surface area contributed by atoms with E-state index in [0.717, 1.165) is 32.4 Å². The molecule has 5 nitrogen and oxygen atoms in total. The van der Waals surface area contributed by atoms with E-state index in [1.54, 1.807) is 0 Å². The lowest BCUT2D eigenvalue weighted by molar-refractivity contribution is -0.135. The van der Waals surface area contributed by atoms with E-state index in [1.807, 2.05) is 25.7 Å². The standard InChI is InChI=1S/C14H27N3O2/c1-4-11(9-15)13(18)16-12-5-7-17(8-6-12)14(19)10(2)3/h10-12H,4-9,15H2,1-3H3,(H,16,18). The van der Waals surface area contributed by atoms with E-state index in [4.69, 9.17) is 5.73 Å². The number of hydrogen-bond donors (Lipinski definition) is 2. The molecular formula is C14H27N3O2. The van der Waals surface area contributed by atoms with Gasteiger partial charge in [-0.3, -0.25) is 9.59 Å². The highest BCUT2D eigenvalue weighted by Crippen LogP contribution is 2.14. The summed E-state index contributed by atoms with van der Waals surface area (Å²) in [6, 6.07) is 0.185. The molecule has 2 amide bonds. The Labute approximate surface area is 115 Å². The monoisotopic (exact) mass is 269 g/mol. The average Bonchev–Trinajstić information content (AvgIpc) is 2.40. The van der Waals surface area contributed by atoms with Gasteiger partial charge < -0.3 is 16.0 Å². The van der Waals surface area contributed by atoms with Gasteiger partial charge >= 0.3 is 0 Å². The topological polar surface area (TPSA) is 75.4 Å². The first-order valence-corrected chi connectivity index (χ1v) is 7.28. The molecule has 0 saturated carbocycles. The van der Waals surface area contributed by atoms with Crippen LogP contribution in [0, 0.1) is 11.8 Å². The van der Waals surface area contributed by atoms with Crippen molar-refractivity contribution in [3.8, 4) is 0 Å². The molecule has 3 N–H and O–H groups in total. The first-order chi connectivity index (χ1) is 8.99. The number of piperidine rings is 1. The number of carbonyl (C=O) groups is 2. The van der Waals surface area contributed by atoms with E-state index in [1.165, 1.54) is 0 Å². The fraction of sp³-hybridized carbons (Fsp3) is 0.857. The Balaban J connectivity index is 2.38. The van der Waals surface area contributed by atoms with Gasteiger partial charge in [0.25, 0.3) is 0 Å². The fourth-order valence-electron chi connectivity index (χ4n) is 2.39. The number of hydrogen-bond acceptors (Lipinski definition) is 3. The summed E-state index contributed by atoms with van der Waals surface area (Å²) in [5.41, 5.74) is 5.57. The predicted molar refractivity (Wildman–Crippen MR) is 75.4 cm³/mol. The lowest BCUT2D eigenvalue weighted by Gasteiger charge is -2.34. The predicted octanol–water partition coefficient (Wildman–Crippen LogP) is 0.735. The van der Waals surface area contributed by atoms with Gasteiger partial charge in [-0.1, -0.05) is 20.8 Å². The van der Waals surface area contributed by atoms with Crippen LogP contribution in [-0.4, -0.2) is 42.4 Å². The zero-order chi connectivity index (χ0) is 14.4. The van der Waals surface area contributed by atoms with Crippen LogP contribution in [0.15, 0.2) is 0 Å². The van der Waals surface area contributed by atoms with Crippen molar-refractivity contribution < 1.29 is 9.59 Å². The number of amides is 2. The van der Waals surface area contributed by atoms with E-state index in [0.29, 0.717) is 6.54 Å². The van der Waals surface area contributed by atoms with Crippen LogP contribution in [0.4, 0.5) is 0 Å². The summed E-state index contributed by atoms with van der Waals surface area (Å²) in [6.45, 7) is 7.68. The van der Waals surface area contributed by atoms with Crippen LogP contribution in [0.2, 0.25) is 0 Å². The molecule has 1 aliphatic rings. The number of nitrogens with one attached hydrogen (secondary N) is 1. The van der Waals surface area contributed by atoms with Gasteiger partial charge in [0.1, 0.15) is 0 Å². The Kier molecular flexibility index (Phi) is 6.28. The van der Waals surface area contributed by atoms with Crippen molar-refractivity contribution in [2.45, 2.75) is 46.1 Å². The quantitative estimate of drug-likeness (QED) is 0.773. The van der Waals surface area contributed by atoms with Crippen LogP contribution >= 0.6 is 0 Å². The van der Waals surface area contributed by atoms with Crippen molar-refractivity contribution in [2.24, 2.45) is 17.6 Å². The van der Waals surface area contributed by atoms with E-state index in [2.05, 4.69) is 5.32 Å². The number of carbonyl (C=O) groups excluding carboxylic acids is 2. The summed E-state index contributed by atoms with van der Waals surface area (Å²) in [5, 5.41) is 3.05. The van der Waals surface area contributed by atoms with Gasteiger partial charge in [-0.2, -0.15) is 0 Å². The first kappa shape index (κ1) is 16.0. The van der Waals surface area contributed by atoms with Crippen LogP contribution in [0.1, 0.15) is 40.0 Å². The smallest absolute Gasteiger partial charge is 0.225 e. The second-order valence-electron chi connectivity index (χ2n) is 5.60. The number of nitrogens with zero attached hydrogens (tertiary/aromatic N) is 1. The van der Waals surface area contributed by atoms with Crippen LogP contribution in [0.5, 0.6) is 0 Å². The lowest BCUT2D eigenvalue weighted by atomic mass is 10.0. The van der Waals surface area contributed by atoms with Gasteiger partial charge in [0.2, 0.25) is 11.8 Å². The molecule has 1 heterocycles. The molecule has 0 aromatic carbocycles. The van der Waals surface area contributed by atoms with E-state index < -0.39 is 0 Å². The summed E-state index contributed by atoms with van der Waals surface area (Å²) in [7, 11) is 0. The molecule has 0 bridgehead atoms. The maximum Gasteiger partial charge on any atom is 0.225 e. The molecule has 0 aromatic heterocycles. The molecule has 1 saturated heterocycles. The van der Waals surface area contributed by atoms with Crippen molar-refractivity contribution in [3.05, 3.63) is 0 Å². The third-order valence-corrected chi connectivity index (χ3v) is 3.80.